The van der Waals surface area contributed by atoms with Crippen LogP contribution in [-0.2, 0) is 16.1 Å². The minimum Gasteiger partial charge on any atom is -0.445 e. The highest BCUT2D eigenvalue weighted by Gasteiger charge is 2.30. The summed E-state index contributed by atoms with van der Waals surface area (Å²) in [6.07, 6.45) is 9.13. The average Bonchev–Trinajstić information content (AvgIpc) is 2.83. The van der Waals surface area contributed by atoms with Crippen molar-refractivity contribution in [3.05, 3.63) is 35.9 Å². The molecule has 2 N–H and O–H groups in total. The second kappa shape index (κ2) is 12.8. The van der Waals surface area contributed by atoms with Crippen molar-refractivity contribution >= 4 is 12.0 Å². The van der Waals surface area contributed by atoms with Gasteiger partial charge in [0, 0.05) is 25.7 Å². The molecule has 32 heavy (non-hydrogen) atoms. The average molecular weight is 444 g/mol. The molecule has 2 aliphatic rings. The molecule has 1 saturated heterocycles. The fraction of sp³-hybridized carbons (Fsp3) is 0.692. The van der Waals surface area contributed by atoms with Crippen molar-refractivity contribution < 1.29 is 14.3 Å². The first kappa shape index (κ1) is 24.6. The monoisotopic (exact) mass is 443 g/mol. The summed E-state index contributed by atoms with van der Waals surface area (Å²) >= 11 is 0. The summed E-state index contributed by atoms with van der Waals surface area (Å²) in [6, 6.07) is 9.16. The number of ether oxygens (including phenoxy) is 1. The summed E-state index contributed by atoms with van der Waals surface area (Å²) in [5.74, 6) is 0.795. The van der Waals surface area contributed by atoms with Crippen molar-refractivity contribution in [2.75, 3.05) is 19.6 Å². The molecule has 3 rings (SSSR count). The molecular formula is C26H41N3O3. The van der Waals surface area contributed by atoms with Crippen molar-refractivity contribution in [3.63, 3.8) is 0 Å². The molecule has 0 spiro atoms. The number of benzene rings is 1. The molecule has 1 aliphatic heterocycles. The first-order valence-electron chi connectivity index (χ1n) is 12.5. The Balaban J connectivity index is 1.43. The Morgan fingerprint density at radius 2 is 1.75 bits per heavy atom. The minimum absolute atomic E-state index is 0.0330. The summed E-state index contributed by atoms with van der Waals surface area (Å²) in [6.45, 7) is 7.52. The molecule has 0 aromatic heterocycles. The SMILES string of the molecule is CC[C@H](C)[C@H](NC(=O)OCc1ccccc1)C(=O)NC1CCN(CC2CCCCC2)CC1. The van der Waals surface area contributed by atoms with Gasteiger partial charge in [0.2, 0.25) is 5.91 Å². The van der Waals surface area contributed by atoms with E-state index < -0.39 is 12.1 Å². The highest BCUT2D eigenvalue weighted by molar-refractivity contribution is 5.86. The molecule has 0 radical (unpaired) electrons. The van der Waals surface area contributed by atoms with Gasteiger partial charge in [0.15, 0.2) is 0 Å². The van der Waals surface area contributed by atoms with Crippen LogP contribution >= 0.6 is 0 Å². The van der Waals surface area contributed by atoms with E-state index in [4.69, 9.17) is 4.74 Å². The zero-order valence-corrected chi connectivity index (χ0v) is 19.9. The van der Waals surface area contributed by atoms with Crippen LogP contribution in [0, 0.1) is 11.8 Å². The number of nitrogens with one attached hydrogen (secondary N) is 2. The summed E-state index contributed by atoms with van der Waals surface area (Å²) < 4.78 is 5.34. The maximum Gasteiger partial charge on any atom is 0.408 e. The van der Waals surface area contributed by atoms with E-state index in [9.17, 15) is 9.59 Å². The number of amides is 2. The van der Waals surface area contributed by atoms with Crippen LogP contribution in [-0.4, -0.2) is 48.6 Å². The molecule has 6 nitrogen and oxygen atoms in total. The molecule has 1 aromatic carbocycles. The lowest BCUT2D eigenvalue weighted by molar-refractivity contribution is -0.125. The van der Waals surface area contributed by atoms with Crippen LogP contribution in [0.5, 0.6) is 0 Å². The number of alkyl carbamates (subject to hydrolysis) is 1. The molecule has 6 heteroatoms. The quantitative estimate of drug-likeness (QED) is 0.590. The van der Waals surface area contributed by atoms with E-state index >= 15 is 0 Å². The summed E-state index contributed by atoms with van der Waals surface area (Å²) in [5.41, 5.74) is 0.923. The summed E-state index contributed by atoms with van der Waals surface area (Å²) in [4.78, 5) is 28.0. The molecule has 1 aliphatic carbocycles. The van der Waals surface area contributed by atoms with Crippen molar-refractivity contribution in [2.24, 2.45) is 11.8 Å². The Labute approximate surface area is 193 Å². The van der Waals surface area contributed by atoms with E-state index in [1.807, 2.05) is 44.2 Å². The lowest BCUT2D eigenvalue weighted by Crippen LogP contribution is -2.54. The number of hydrogen-bond acceptors (Lipinski definition) is 4. The summed E-state index contributed by atoms with van der Waals surface area (Å²) in [7, 11) is 0. The highest BCUT2D eigenvalue weighted by Crippen LogP contribution is 2.25. The predicted molar refractivity (Wildman–Crippen MR) is 127 cm³/mol. The Morgan fingerprint density at radius 1 is 1.06 bits per heavy atom. The van der Waals surface area contributed by atoms with Gasteiger partial charge >= 0.3 is 6.09 Å². The number of likely N-dealkylation sites (tertiary alicyclic amines) is 1. The van der Waals surface area contributed by atoms with Crippen LogP contribution in [0.15, 0.2) is 30.3 Å². The van der Waals surface area contributed by atoms with E-state index in [1.165, 1.54) is 38.6 Å². The molecule has 2 fully saturated rings. The molecule has 0 unspecified atom stereocenters. The fourth-order valence-electron chi connectivity index (χ4n) is 4.88. The zero-order chi connectivity index (χ0) is 22.8. The standard InChI is InChI=1S/C26H41N3O3/c1-3-20(2)24(28-26(31)32-19-22-12-8-5-9-13-22)25(30)27-23-14-16-29(17-15-23)18-21-10-6-4-7-11-21/h5,8-9,12-13,20-21,23-24H,3-4,6-7,10-11,14-19H2,1-2H3,(H,27,30)(H,28,31)/t20-,24-/m0/s1. The van der Waals surface area contributed by atoms with E-state index in [-0.39, 0.29) is 24.5 Å². The first-order chi connectivity index (χ1) is 15.5. The van der Waals surface area contributed by atoms with Gasteiger partial charge in [0.05, 0.1) is 0 Å². The molecule has 178 valence electrons. The Bertz CT molecular complexity index is 698. The number of carbonyl (C=O) groups is 2. The molecule has 1 aromatic rings. The Morgan fingerprint density at radius 3 is 2.41 bits per heavy atom. The number of hydrogen-bond donors (Lipinski definition) is 2. The van der Waals surface area contributed by atoms with E-state index in [1.54, 1.807) is 0 Å². The van der Waals surface area contributed by atoms with Gasteiger partial charge < -0.3 is 20.3 Å². The van der Waals surface area contributed by atoms with Crippen molar-refractivity contribution in [2.45, 2.75) is 83.9 Å². The second-order valence-electron chi connectivity index (χ2n) is 9.66. The van der Waals surface area contributed by atoms with Crippen LogP contribution in [0.3, 0.4) is 0 Å². The largest absolute Gasteiger partial charge is 0.445 e. The van der Waals surface area contributed by atoms with E-state index in [0.717, 1.165) is 43.8 Å². The van der Waals surface area contributed by atoms with Gasteiger partial charge in [-0.25, -0.2) is 4.79 Å². The predicted octanol–water partition coefficient (Wildman–Crippen LogP) is 4.49. The van der Waals surface area contributed by atoms with E-state index in [2.05, 4.69) is 15.5 Å². The summed E-state index contributed by atoms with van der Waals surface area (Å²) in [5, 5.41) is 6.01. The molecule has 2 amide bonds. The van der Waals surface area contributed by atoms with Crippen molar-refractivity contribution in [1.29, 1.82) is 0 Å². The molecule has 2 atom stereocenters. The maximum absolute atomic E-state index is 13.0. The maximum atomic E-state index is 13.0. The number of rotatable bonds is 9. The molecular weight excluding hydrogens is 402 g/mol. The third kappa shape index (κ3) is 7.80. The topological polar surface area (TPSA) is 70.7 Å². The normalized spacial score (nSPS) is 20.3. The first-order valence-corrected chi connectivity index (χ1v) is 12.5. The lowest BCUT2D eigenvalue weighted by Gasteiger charge is -2.36. The van der Waals surface area contributed by atoms with Crippen molar-refractivity contribution in [1.82, 2.24) is 15.5 Å². The van der Waals surface area contributed by atoms with Gasteiger partial charge in [-0.2, -0.15) is 0 Å². The number of carbonyl (C=O) groups excluding carboxylic acids is 2. The highest BCUT2D eigenvalue weighted by atomic mass is 16.5. The van der Waals surface area contributed by atoms with Crippen LogP contribution in [0.4, 0.5) is 4.79 Å². The number of nitrogens with zero attached hydrogens (tertiary/aromatic N) is 1. The smallest absolute Gasteiger partial charge is 0.408 e. The van der Waals surface area contributed by atoms with Gasteiger partial charge in [-0.15, -0.1) is 0 Å². The number of piperidine rings is 1. The molecule has 1 saturated carbocycles. The van der Waals surface area contributed by atoms with E-state index in [0.29, 0.717) is 0 Å². The van der Waals surface area contributed by atoms with Crippen molar-refractivity contribution in [3.8, 4) is 0 Å². The third-order valence-electron chi connectivity index (χ3n) is 7.16. The van der Waals surface area contributed by atoms with Crippen LogP contribution < -0.4 is 10.6 Å². The van der Waals surface area contributed by atoms with Gasteiger partial charge in [-0.1, -0.05) is 69.9 Å². The van der Waals surface area contributed by atoms with Gasteiger partial charge in [0.1, 0.15) is 12.6 Å². The van der Waals surface area contributed by atoms with Gasteiger partial charge in [0.25, 0.3) is 0 Å². The Kier molecular flexibility index (Phi) is 9.85. The zero-order valence-electron chi connectivity index (χ0n) is 19.9. The molecule has 0 bridgehead atoms. The molecule has 1 heterocycles. The lowest BCUT2D eigenvalue weighted by atomic mass is 9.88. The van der Waals surface area contributed by atoms with Gasteiger partial charge in [-0.3, -0.25) is 4.79 Å². The van der Waals surface area contributed by atoms with Crippen LogP contribution in [0.2, 0.25) is 0 Å². The second-order valence-corrected chi connectivity index (χ2v) is 9.66. The minimum atomic E-state index is -0.580. The van der Waals surface area contributed by atoms with Crippen LogP contribution in [0.1, 0.15) is 70.8 Å². The van der Waals surface area contributed by atoms with Crippen LogP contribution in [0.25, 0.3) is 0 Å². The van der Waals surface area contributed by atoms with Gasteiger partial charge in [-0.05, 0) is 43.1 Å². The fourth-order valence-corrected chi connectivity index (χ4v) is 4.88. The Hall–Kier alpha value is -2.08. The third-order valence-corrected chi connectivity index (χ3v) is 7.16.